The molecule has 0 spiro atoms. The maximum atomic E-state index is 13.3. The fourth-order valence-corrected chi connectivity index (χ4v) is 3.78. The number of nitrogens with one attached hydrogen (secondary N) is 3. The van der Waals surface area contributed by atoms with E-state index in [1.54, 1.807) is 19.1 Å². The average molecular weight is 551 g/mol. The number of carbonyl (C=O) groups is 5. The lowest BCUT2D eigenvalue weighted by molar-refractivity contribution is -0.143. The highest BCUT2D eigenvalue weighted by molar-refractivity contribution is 5.94. The number of phenolic OH excluding ortho intramolecular Hbond substituents is 1. The van der Waals surface area contributed by atoms with Gasteiger partial charge in [-0.15, -0.1) is 0 Å². The number of benzene rings is 1. The summed E-state index contributed by atoms with van der Waals surface area (Å²) in [7, 11) is 0. The monoisotopic (exact) mass is 550 g/mol. The van der Waals surface area contributed by atoms with Gasteiger partial charge >= 0.3 is 5.97 Å². The normalized spacial score (nSPS) is 14.8. The second-order valence-corrected chi connectivity index (χ2v) is 9.60. The van der Waals surface area contributed by atoms with E-state index in [0.29, 0.717) is 25.8 Å². The fraction of sp³-hybridized carbons (Fsp3) is 0.577. The van der Waals surface area contributed by atoms with Crippen molar-refractivity contribution in [2.24, 2.45) is 23.1 Å². The summed E-state index contributed by atoms with van der Waals surface area (Å²) in [4.78, 5) is 61.8. The Morgan fingerprint density at radius 2 is 1.51 bits per heavy atom. The Bertz CT molecular complexity index is 972. The second-order valence-electron chi connectivity index (χ2n) is 9.60. The topological polar surface area (TPSA) is 240 Å². The number of aliphatic carboxylic acids is 1. The first kappa shape index (κ1) is 33.3. The van der Waals surface area contributed by atoms with Crippen LogP contribution in [0, 0.1) is 5.92 Å². The first-order valence-corrected chi connectivity index (χ1v) is 13.0. The largest absolute Gasteiger partial charge is 0.508 e. The van der Waals surface area contributed by atoms with Gasteiger partial charge < -0.3 is 43.4 Å². The number of unbranched alkanes of at least 4 members (excludes halogenated alkanes) is 1. The van der Waals surface area contributed by atoms with E-state index in [2.05, 4.69) is 16.0 Å². The van der Waals surface area contributed by atoms with Crippen LogP contribution < -0.4 is 33.2 Å². The van der Waals surface area contributed by atoms with Gasteiger partial charge in [-0.25, -0.2) is 4.79 Å². The Kier molecular flexibility index (Phi) is 14.5. The molecule has 13 heteroatoms. The van der Waals surface area contributed by atoms with E-state index in [9.17, 15) is 34.2 Å². The first-order valence-electron chi connectivity index (χ1n) is 13.0. The summed E-state index contributed by atoms with van der Waals surface area (Å²) in [6.45, 7) is 3.92. The van der Waals surface area contributed by atoms with E-state index in [4.69, 9.17) is 17.2 Å². The Morgan fingerprint density at radius 1 is 0.897 bits per heavy atom. The number of hydrogen-bond donors (Lipinski definition) is 8. The van der Waals surface area contributed by atoms with Crippen LogP contribution in [0.4, 0.5) is 0 Å². The molecule has 1 aromatic rings. The van der Waals surface area contributed by atoms with E-state index in [1.807, 2.05) is 6.92 Å². The number of carbonyl (C=O) groups excluding carboxylic acids is 4. The molecule has 0 aromatic heterocycles. The summed E-state index contributed by atoms with van der Waals surface area (Å²) < 4.78 is 0. The predicted octanol–water partition coefficient (Wildman–Crippen LogP) is -0.758. The van der Waals surface area contributed by atoms with Gasteiger partial charge in [-0.05, 0) is 62.3 Å². The Labute approximate surface area is 228 Å². The molecule has 5 atom stereocenters. The van der Waals surface area contributed by atoms with Crippen LogP contribution in [0.15, 0.2) is 24.3 Å². The van der Waals surface area contributed by atoms with Crippen molar-refractivity contribution in [3.8, 4) is 5.75 Å². The molecule has 0 saturated carbocycles. The van der Waals surface area contributed by atoms with Crippen LogP contribution in [-0.2, 0) is 30.4 Å². The van der Waals surface area contributed by atoms with Crippen molar-refractivity contribution in [3.05, 3.63) is 29.8 Å². The van der Waals surface area contributed by atoms with Gasteiger partial charge in [-0.2, -0.15) is 0 Å². The quantitative estimate of drug-likeness (QED) is 0.107. The molecule has 0 heterocycles. The van der Waals surface area contributed by atoms with E-state index in [1.165, 1.54) is 12.1 Å². The van der Waals surface area contributed by atoms with Crippen molar-refractivity contribution >= 4 is 29.6 Å². The first-order chi connectivity index (χ1) is 18.4. The molecule has 218 valence electrons. The molecule has 4 amide bonds. The molecule has 13 nitrogen and oxygen atoms in total. The van der Waals surface area contributed by atoms with Gasteiger partial charge in [0.05, 0.1) is 6.04 Å². The number of aromatic hydroxyl groups is 1. The highest BCUT2D eigenvalue weighted by Crippen LogP contribution is 2.13. The summed E-state index contributed by atoms with van der Waals surface area (Å²) in [6, 6.07) is 1.77. The van der Waals surface area contributed by atoms with Gasteiger partial charge in [0.25, 0.3) is 0 Å². The Hall–Kier alpha value is -3.71. The zero-order chi connectivity index (χ0) is 29.5. The predicted molar refractivity (Wildman–Crippen MR) is 144 cm³/mol. The maximum Gasteiger partial charge on any atom is 0.326 e. The number of amides is 4. The highest BCUT2D eigenvalue weighted by Gasteiger charge is 2.32. The zero-order valence-electron chi connectivity index (χ0n) is 22.5. The van der Waals surface area contributed by atoms with Crippen molar-refractivity contribution in [1.82, 2.24) is 16.0 Å². The SMILES string of the molecule is CCC(C)C(NC(=O)C(CCCCN)NC(=O)C(N)Cc1ccc(O)cc1)C(=O)NC(CCC(N)=O)C(=O)O. The molecule has 39 heavy (non-hydrogen) atoms. The fourth-order valence-electron chi connectivity index (χ4n) is 3.78. The molecular formula is C26H42N6O7. The van der Waals surface area contributed by atoms with Crippen LogP contribution in [0.25, 0.3) is 0 Å². The van der Waals surface area contributed by atoms with E-state index >= 15 is 0 Å². The highest BCUT2D eigenvalue weighted by atomic mass is 16.4. The minimum Gasteiger partial charge on any atom is -0.508 e. The molecule has 0 aliphatic rings. The van der Waals surface area contributed by atoms with Crippen molar-refractivity contribution in [1.29, 1.82) is 0 Å². The third kappa shape index (κ3) is 12.1. The Balaban J connectivity index is 3.00. The minimum atomic E-state index is -1.37. The van der Waals surface area contributed by atoms with Crippen molar-refractivity contribution in [2.45, 2.75) is 83.0 Å². The molecule has 1 rings (SSSR count). The number of primary amides is 1. The number of hydrogen-bond acceptors (Lipinski definition) is 8. The van der Waals surface area contributed by atoms with Crippen LogP contribution in [0.2, 0.25) is 0 Å². The molecule has 5 unspecified atom stereocenters. The molecule has 0 radical (unpaired) electrons. The van der Waals surface area contributed by atoms with E-state index in [0.717, 1.165) is 5.56 Å². The van der Waals surface area contributed by atoms with Crippen molar-refractivity contribution < 1.29 is 34.2 Å². The second kappa shape index (κ2) is 17.0. The summed E-state index contributed by atoms with van der Waals surface area (Å²) in [6.07, 6.45) is 1.59. The zero-order valence-corrected chi connectivity index (χ0v) is 22.5. The van der Waals surface area contributed by atoms with Crippen LogP contribution in [-0.4, -0.2) is 70.5 Å². The summed E-state index contributed by atoms with van der Waals surface area (Å²) in [5.41, 5.74) is 17.5. The average Bonchev–Trinajstić information content (AvgIpc) is 2.89. The summed E-state index contributed by atoms with van der Waals surface area (Å²) in [5, 5.41) is 26.6. The molecule has 0 bridgehead atoms. The molecular weight excluding hydrogens is 508 g/mol. The summed E-state index contributed by atoms with van der Waals surface area (Å²) >= 11 is 0. The lowest BCUT2D eigenvalue weighted by Crippen LogP contribution is -2.58. The number of carboxylic acids is 1. The van der Waals surface area contributed by atoms with Crippen LogP contribution in [0.3, 0.4) is 0 Å². The lowest BCUT2D eigenvalue weighted by atomic mass is 9.96. The molecule has 0 fully saturated rings. The number of phenols is 1. The standard InChI is InChI=1S/C26H42N6O7/c1-3-15(2)22(25(37)31-20(26(38)39)11-12-21(29)34)32-24(36)19(6-4-5-13-27)30-23(35)18(28)14-16-7-9-17(33)10-8-16/h7-10,15,18-20,22,33H,3-6,11-14,27-28H2,1-2H3,(H2,29,34)(H,30,35)(H,31,37)(H,32,36)(H,38,39). The molecule has 0 saturated heterocycles. The third-order valence-electron chi connectivity index (χ3n) is 6.40. The lowest BCUT2D eigenvalue weighted by Gasteiger charge is -2.28. The maximum absolute atomic E-state index is 13.3. The molecule has 1 aromatic carbocycles. The van der Waals surface area contributed by atoms with Crippen LogP contribution in [0.5, 0.6) is 5.75 Å². The third-order valence-corrected chi connectivity index (χ3v) is 6.40. The van der Waals surface area contributed by atoms with Gasteiger partial charge in [0.15, 0.2) is 0 Å². The van der Waals surface area contributed by atoms with Crippen LogP contribution in [0.1, 0.15) is 57.9 Å². The number of carboxylic acid groups (broad SMARTS) is 1. The van der Waals surface area contributed by atoms with E-state index in [-0.39, 0.29) is 37.4 Å². The molecule has 11 N–H and O–H groups in total. The van der Waals surface area contributed by atoms with Crippen molar-refractivity contribution in [2.75, 3.05) is 6.54 Å². The number of nitrogens with two attached hydrogens (primary N) is 3. The minimum absolute atomic E-state index is 0.0795. The van der Waals surface area contributed by atoms with Gasteiger partial charge in [0.1, 0.15) is 23.9 Å². The smallest absolute Gasteiger partial charge is 0.326 e. The number of rotatable bonds is 18. The molecule has 0 aliphatic carbocycles. The van der Waals surface area contributed by atoms with Gasteiger partial charge in [-0.1, -0.05) is 32.4 Å². The molecule has 0 aliphatic heterocycles. The van der Waals surface area contributed by atoms with E-state index < -0.39 is 53.8 Å². The van der Waals surface area contributed by atoms with Gasteiger partial charge in [0.2, 0.25) is 23.6 Å². The summed E-state index contributed by atoms with van der Waals surface area (Å²) in [5.74, 6) is -4.27. The van der Waals surface area contributed by atoms with Crippen LogP contribution >= 0.6 is 0 Å². The Morgan fingerprint density at radius 3 is 2.05 bits per heavy atom. The van der Waals surface area contributed by atoms with Gasteiger partial charge in [0, 0.05) is 6.42 Å². The van der Waals surface area contributed by atoms with Crippen molar-refractivity contribution in [3.63, 3.8) is 0 Å². The van der Waals surface area contributed by atoms with Gasteiger partial charge in [-0.3, -0.25) is 19.2 Å².